The molecule has 2 aromatic carbocycles. The molecule has 0 bridgehead atoms. The van der Waals surface area contributed by atoms with Crippen molar-refractivity contribution in [3.8, 4) is 5.75 Å². The van der Waals surface area contributed by atoms with Crippen LogP contribution in [-0.2, 0) is 10.2 Å². The largest absolute Gasteiger partial charge is 0.491 e. The molecule has 30 heavy (non-hydrogen) atoms. The van der Waals surface area contributed by atoms with Crippen molar-refractivity contribution in [1.29, 1.82) is 0 Å². The predicted molar refractivity (Wildman–Crippen MR) is 122 cm³/mol. The van der Waals surface area contributed by atoms with Crippen LogP contribution in [0.5, 0.6) is 5.75 Å². The van der Waals surface area contributed by atoms with Gasteiger partial charge in [-0.1, -0.05) is 63.4 Å². The summed E-state index contributed by atoms with van der Waals surface area (Å²) in [5.41, 5.74) is 2.22. The van der Waals surface area contributed by atoms with Crippen molar-refractivity contribution >= 4 is 22.5 Å². The molecule has 1 aliphatic rings. The summed E-state index contributed by atoms with van der Waals surface area (Å²) in [6.07, 6.45) is 6.88. The summed E-state index contributed by atoms with van der Waals surface area (Å²) < 4.78 is 5.97. The van der Waals surface area contributed by atoms with Crippen LogP contribution >= 0.6 is 0 Å². The first kappa shape index (κ1) is 20.4. The second-order valence-electron chi connectivity index (χ2n) is 8.68. The van der Waals surface area contributed by atoms with Crippen LogP contribution in [-0.4, -0.2) is 17.5 Å². The Morgan fingerprint density at radius 2 is 1.80 bits per heavy atom. The van der Waals surface area contributed by atoms with Crippen LogP contribution in [0, 0.1) is 5.92 Å². The minimum Gasteiger partial charge on any atom is -0.491 e. The molecule has 0 aliphatic heterocycles. The summed E-state index contributed by atoms with van der Waals surface area (Å²) in [7, 11) is 0. The lowest BCUT2D eigenvalue weighted by Gasteiger charge is -2.36. The smallest absolute Gasteiger partial charge is 0.235 e. The second-order valence-corrected chi connectivity index (χ2v) is 8.68. The number of hydrogen-bond donors (Lipinski definition) is 1. The van der Waals surface area contributed by atoms with Crippen molar-refractivity contribution in [2.24, 2.45) is 5.92 Å². The highest BCUT2D eigenvalue weighted by Gasteiger charge is 2.41. The fraction of sp³-hybridized carbons (Fsp3) is 0.385. The number of benzene rings is 2. The minimum absolute atomic E-state index is 0.0781. The van der Waals surface area contributed by atoms with Crippen molar-refractivity contribution in [3.05, 3.63) is 66.4 Å². The molecule has 0 saturated heterocycles. The molecule has 3 aromatic rings. The van der Waals surface area contributed by atoms with E-state index < -0.39 is 5.41 Å². The maximum Gasteiger partial charge on any atom is 0.235 e. The van der Waals surface area contributed by atoms with E-state index in [0.29, 0.717) is 12.5 Å². The fourth-order valence-corrected chi connectivity index (χ4v) is 4.43. The first-order valence-corrected chi connectivity index (χ1v) is 11.0. The van der Waals surface area contributed by atoms with Crippen LogP contribution in [0.2, 0.25) is 0 Å². The summed E-state index contributed by atoms with van der Waals surface area (Å²) in [5.74, 6) is 1.27. The van der Waals surface area contributed by atoms with Crippen molar-refractivity contribution < 1.29 is 9.53 Å². The van der Waals surface area contributed by atoms with Gasteiger partial charge in [0.2, 0.25) is 5.91 Å². The van der Waals surface area contributed by atoms with E-state index in [4.69, 9.17) is 4.74 Å². The second kappa shape index (κ2) is 8.86. The lowest BCUT2D eigenvalue weighted by molar-refractivity contribution is -0.122. The molecule has 4 rings (SSSR count). The van der Waals surface area contributed by atoms with Gasteiger partial charge in [-0.15, -0.1) is 0 Å². The van der Waals surface area contributed by atoms with Gasteiger partial charge >= 0.3 is 0 Å². The molecule has 0 unspecified atom stereocenters. The van der Waals surface area contributed by atoms with Crippen molar-refractivity contribution in [3.63, 3.8) is 0 Å². The monoisotopic (exact) mass is 402 g/mol. The highest BCUT2D eigenvalue weighted by molar-refractivity contribution is 6.06. The first-order valence-electron chi connectivity index (χ1n) is 11.0. The van der Waals surface area contributed by atoms with Gasteiger partial charge in [0, 0.05) is 11.6 Å². The number of aromatic nitrogens is 1. The molecule has 1 fully saturated rings. The lowest BCUT2D eigenvalue weighted by atomic mass is 9.68. The number of amides is 1. The summed E-state index contributed by atoms with van der Waals surface area (Å²) in [6.45, 7) is 4.88. The van der Waals surface area contributed by atoms with E-state index in [9.17, 15) is 4.79 Å². The Bertz CT molecular complexity index is 1010. The third kappa shape index (κ3) is 4.04. The molecule has 0 radical (unpaired) electrons. The van der Waals surface area contributed by atoms with Gasteiger partial charge in [0.25, 0.3) is 0 Å². The number of fused-ring (bicyclic) bond motifs is 1. The topological polar surface area (TPSA) is 51.2 Å². The number of nitrogens with zero attached hydrogens (tertiary/aromatic N) is 1. The molecular weight excluding hydrogens is 372 g/mol. The maximum atomic E-state index is 13.7. The van der Waals surface area contributed by atoms with E-state index in [-0.39, 0.29) is 5.91 Å². The molecular formula is C26H30N2O2. The predicted octanol–water partition coefficient (Wildman–Crippen LogP) is 6.11. The molecule has 1 saturated carbocycles. The van der Waals surface area contributed by atoms with Gasteiger partial charge in [0.1, 0.15) is 11.3 Å². The third-order valence-corrected chi connectivity index (χ3v) is 6.02. The number of nitrogens with one attached hydrogen (secondary N) is 1. The quantitative estimate of drug-likeness (QED) is 0.541. The minimum atomic E-state index is -0.471. The molecule has 1 aliphatic carbocycles. The van der Waals surface area contributed by atoms with E-state index in [0.717, 1.165) is 53.6 Å². The van der Waals surface area contributed by atoms with Gasteiger partial charge in [-0.05, 0) is 48.6 Å². The number of anilines is 1. The Morgan fingerprint density at radius 3 is 2.53 bits per heavy atom. The number of rotatable bonds is 6. The molecule has 0 atom stereocenters. The Hall–Kier alpha value is -2.88. The zero-order valence-electron chi connectivity index (χ0n) is 17.9. The van der Waals surface area contributed by atoms with Gasteiger partial charge in [0.15, 0.2) is 0 Å². The third-order valence-electron chi connectivity index (χ3n) is 6.02. The highest BCUT2D eigenvalue weighted by Crippen LogP contribution is 2.41. The molecule has 4 nitrogen and oxygen atoms in total. The summed E-state index contributed by atoms with van der Waals surface area (Å²) in [5, 5.41) is 4.16. The van der Waals surface area contributed by atoms with Crippen LogP contribution < -0.4 is 10.1 Å². The number of pyridine rings is 1. The molecule has 1 aromatic heterocycles. The van der Waals surface area contributed by atoms with E-state index in [2.05, 4.69) is 36.3 Å². The van der Waals surface area contributed by atoms with Crippen molar-refractivity contribution in [1.82, 2.24) is 4.98 Å². The molecule has 1 N–H and O–H groups in total. The molecule has 4 heteroatoms. The van der Waals surface area contributed by atoms with Crippen LogP contribution in [0.1, 0.15) is 51.5 Å². The van der Waals surface area contributed by atoms with Crippen LogP contribution in [0.3, 0.4) is 0 Å². The van der Waals surface area contributed by atoms with Crippen LogP contribution in [0.25, 0.3) is 10.9 Å². The number of ether oxygens (including phenoxy) is 1. The van der Waals surface area contributed by atoms with E-state index in [1.54, 1.807) is 6.20 Å². The Balaban J connectivity index is 1.68. The molecule has 0 spiro atoms. The number of carbonyl (C=O) groups is 1. The zero-order chi connectivity index (χ0) is 21.0. The van der Waals surface area contributed by atoms with Crippen LogP contribution in [0.4, 0.5) is 5.69 Å². The van der Waals surface area contributed by atoms with E-state index in [1.807, 2.05) is 42.5 Å². The van der Waals surface area contributed by atoms with Gasteiger partial charge in [0.05, 0.1) is 17.7 Å². The standard InChI is InChI=1S/C26H30N2O2/c1-19(2)18-30-23-14-13-22(21-12-9-17-27-24(21)23)28-25(29)26(15-7-4-8-16-26)20-10-5-3-6-11-20/h3,5-6,9-14,17,19H,4,7-8,15-16,18H2,1-2H3,(H,28,29). The zero-order valence-corrected chi connectivity index (χ0v) is 17.9. The summed E-state index contributed by atoms with van der Waals surface area (Å²) in [4.78, 5) is 18.2. The van der Waals surface area contributed by atoms with Gasteiger partial charge in [-0.2, -0.15) is 0 Å². The van der Waals surface area contributed by atoms with E-state index >= 15 is 0 Å². The lowest BCUT2D eigenvalue weighted by Crippen LogP contribution is -2.42. The fourth-order valence-electron chi connectivity index (χ4n) is 4.43. The van der Waals surface area contributed by atoms with Gasteiger partial charge in [-0.3, -0.25) is 9.78 Å². The summed E-state index contributed by atoms with van der Waals surface area (Å²) in [6, 6.07) is 18.0. The number of carbonyl (C=O) groups excluding carboxylic acids is 1. The Morgan fingerprint density at radius 1 is 1.03 bits per heavy atom. The SMILES string of the molecule is CC(C)COc1ccc(NC(=O)C2(c3ccccc3)CCCCC2)c2cccnc12. The Kier molecular flexibility index (Phi) is 6.03. The normalized spacial score (nSPS) is 15.8. The number of hydrogen-bond acceptors (Lipinski definition) is 3. The maximum absolute atomic E-state index is 13.7. The molecule has 1 amide bonds. The molecule has 156 valence electrons. The van der Waals surface area contributed by atoms with Crippen molar-refractivity contribution in [2.45, 2.75) is 51.4 Å². The van der Waals surface area contributed by atoms with Crippen molar-refractivity contribution in [2.75, 3.05) is 11.9 Å². The average molecular weight is 403 g/mol. The van der Waals surface area contributed by atoms with Crippen LogP contribution in [0.15, 0.2) is 60.8 Å². The summed E-state index contributed by atoms with van der Waals surface area (Å²) >= 11 is 0. The highest BCUT2D eigenvalue weighted by atomic mass is 16.5. The van der Waals surface area contributed by atoms with Gasteiger partial charge in [-0.25, -0.2) is 0 Å². The van der Waals surface area contributed by atoms with E-state index in [1.165, 1.54) is 6.42 Å². The first-order chi connectivity index (χ1) is 14.6. The Labute approximate surface area is 178 Å². The molecule has 1 heterocycles. The average Bonchev–Trinajstić information content (AvgIpc) is 2.79. The van der Waals surface area contributed by atoms with Gasteiger partial charge < -0.3 is 10.1 Å².